The van der Waals surface area contributed by atoms with Crippen LogP contribution in [-0.2, 0) is 16.1 Å². The SMILES string of the molecule is CN1C(=O)C(CC(=O)Nc2ccc(I)cc2)N(Cc2ccc(Cl)cc2)C1=S. The molecule has 1 fully saturated rings. The van der Waals surface area contributed by atoms with Crippen molar-refractivity contribution in [2.75, 3.05) is 12.4 Å². The minimum atomic E-state index is -0.623. The molecule has 0 aromatic heterocycles. The molecule has 140 valence electrons. The van der Waals surface area contributed by atoms with Crippen LogP contribution in [0, 0.1) is 3.57 Å². The molecule has 5 nitrogen and oxygen atoms in total. The monoisotopic (exact) mass is 513 g/mol. The van der Waals surface area contributed by atoms with Gasteiger partial charge in [-0.25, -0.2) is 0 Å². The van der Waals surface area contributed by atoms with Gasteiger partial charge in [-0.2, -0.15) is 0 Å². The molecule has 0 aliphatic carbocycles. The number of nitrogens with zero attached hydrogens (tertiary/aromatic N) is 2. The lowest BCUT2D eigenvalue weighted by atomic mass is 10.1. The Morgan fingerprint density at radius 3 is 2.44 bits per heavy atom. The second kappa shape index (κ2) is 8.53. The molecule has 0 bridgehead atoms. The topological polar surface area (TPSA) is 52.7 Å². The van der Waals surface area contributed by atoms with Gasteiger partial charge in [-0.3, -0.25) is 14.5 Å². The van der Waals surface area contributed by atoms with Crippen molar-refractivity contribution in [1.29, 1.82) is 0 Å². The number of rotatable bonds is 5. The largest absolute Gasteiger partial charge is 0.332 e. The van der Waals surface area contributed by atoms with Crippen molar-refractivity contribution in [1.82, 2.24) is 9.80 Å². The van der Waals surface area contributed by atoms with Crippen molar-refractivity contribution >= 4 is 69.0 Å². The van der Waals surface area contributed by atoms with Crippen LogP contribution < -0.4 is 5.32 Å². The van der Waals surface area contributed by atoms with Crippen LogP contribution in [0.15, 0.2) is 48.5 Å². The van der Waals surface area contributed by atoms with Gasteiger partial charge < -0.3 is 10.2 Å². The maximum Gasteiger partial charge on any atom is 0.251 e. The molecule has 1 atom stereocenters. The lowest BCUT2D eigenvalue weighted by Crippen LogP contribution is -2.37. The second-order valence-electron chi connectivity index (χ2n) is 6.21. The molecule has 2 aromatic rings. The summed E-state index contributed by atoms with van der Waals surface area (Å²) < 4.78 is 1.08. The van der Waals surface area contributed by atoms with Crippen LogP contribution in [0.4, 0.5) is 5.69 Å². The molecular weight excluding hydrogens is 497 g/mol. The molecular formula is C19H17ClIN3O2S. The first kappa shape index (κ1) is 20.0. The van der Waals surface area contributed by atoms with Gasteiger partial charge in [0.15, 0.2) is 5.11 Å². The summed E-state index contributed by atoms with van der Waals surface area (Å²) in [5.74, 6) is -0.402. The van der Waals surface area contributed by atoms with E-state index in [-0.39, 0.29) is 18.2 Å². The maximum atomic E-state index is 12.6. The predicted octanol–water partition coefficient (Wildman–Crippen LogP) is 3.90. The highest BCUT2D eigenvalue weighted by molar-refractivity contribution is 14.1. The van der Waals surface area contributed by atoms with Crippen molar-refractivity contribution in [3.05, 3.63) is 62.7 Å². The molecule has 0 radical (unpaired) electrons. The van der Waals surface area contributed by atoms with Crippen molar-refractivity contribution in [2.24, 2.45) is 0 Å². The summed E-state index contributed by atoms with van der Waals surface area (Å²) in [7, 11) is 1.64. The second-order valence-corrected chi connectivity index (χ2v) is 8.26. The lowest BCUT2D eigenvalue weighted by Gasteiger charge is -2.23. The van der Waals surface area contributed by atoms with Crippen molar-refractivity contribution < 1.29 is 9.59 Å². The van der Waals surface area contributed by atoms with Gasteiger partial charge in [0.05, 0.1) is 6.42 Å². The molecule has 1 N–H and O–H groups in total. The molecule has 3 rings (SSSR count). The number of carbonyl (C=O) groups excluding carboxylic acids is 2. The number of likely N-dealkylation sites (N-methyl/N-ethyl adjacent to an activating group) is 1. The smallest absolute Gasteiger partial charge is 0.251 e. The van der Waals surface area contributed by atoms with Crippen LogP contribution in [0.3, 0.4) is 0 Å². The Kier molecular flexibility index (Phi) is 6.33. The molecule has 1 aliphatic heterocycles. The summed E-state index contributed by atoms with van der Waals surface area (Å²) in [4.78, 5) is 28.3. The highest BCUT2D eigenvalue weighted by Gasteiger charge is 2.41. The molecule has 2 amide bonds. The molecule has 0 spiro atoms. The quantitative estimate of drug-likeness (QED) is 0.487. The summed E-state index contributed by atoms with van der Waals surface area (Å²) in [5, 5.41) is 3.90. The third kappa shape index (κ3) is 4.77. The van der Waals surface area contributed by atoms with E-state index in [1.165, 1.54) is 4.90 Å². The Hall–Kier alpha value is -1.71. The number of halogens is 2. The maximum absolute atomic E-state index is 12.6. The molecule has 0 saturated carbocycles. The van der Waals surface area contributed by atoms with Crippen LogP contribution in [0.5, 0.6) is 0 Å². The van der Waals surface area contributed by atoms with Gasteiger partial charge in [0.2, 0.25) is 5.91 Å². The van der Waals surface area contributed by atoms with Gasteiger partial charge in [0.25, 0.3) is 5.91 Å². The van der Waals surface area contributed by atoms with E-state index >= 15 is 0 Å². The highest BCUT2D eigenvalue weighted by Crippen LogP contribution is 2.23. The van der Waals surface area contributed by atoms with E-state index in [1.54, 1.807) is 24.1 Å². The normalized spacial score (nSPS) is 16.8. The fourth-order valence-electron chi connectivity index (χ4n) is 2.86. The van der Waals surface area contributed by atoms with Crippen LogP contribution >= 0.6 is 46.4 Å². The van der Waals surface area contributed by atoms with Gasteiger partial charge in [-0.05, 0) is 76.8 Å². The van der Waals surface area contributed by atoms with Crippen LogP contribution in [0.2, 0.25) is 5.02 Å². The summed E-state index contributed by atoms with van der Waals surface area (Å²) in [6.07, 6.45) is 0.0306. The van der Waals surface area contributed by atoms with Gasteiger partial charge in [0.1, 0.15) is 6.04 Å². The fourth-order valence-corrected chi connectivity index (χ4v) is 3.63. The third-order valence-corrected chi connectivity index (χ3v) is 5.78. The highest BCUT2D eigenvalue weighted by atomic mass is 127. The van der Waals surface area contributed by atoms with Gasteiger partial charge in [-0.15, -0.1) is 0 Å². The number of amides is 2. The number of carbonyl (C=O) groups is 2. The summed E-state index contributed by atoms with van der Waals surface area (Å²) >= 11 is 13.5. The minimum absolute atomic E-state index is 0.0306. The van der Waals surface area contributed by atoms with E-state index in [2.05, 4.69) is 27.9 Å². The zero-order chi connectivity index (χ0) is 19.6. The van der Waals surface area contributed by atoms with Crippen LogP contribution in [0.1, 0.15) is 12.0 Å². The van der Waals surface area contributed by atoms with Crippen LogP contribution in [-0.4, -0.2) is 39.8 Å². The molecule has 2 aromatic carbocycles. The standard InChI is InChI=1S/C19H17ClIN3O2S/c1-23-18(26)16(10-17(25)22-15-8-6-14(21)7-9-15)24(19(23)27)11-12-2-4-13(20)5-3-12/h2-9,16H,10-11H2,1H3,(H,22,25). The van der Waals surface area contributed by atoms with Gasteiger partial charge in [-0.1, -0.05) is 23.7 Å². The Bertz CT molecular complexity index is 874. The van der Waals surface area contributed by atoms with E-state index < -0.39 is 6.04 Å². The molecule has 1 heterocycles. The number of anilines is 1. The number of hydrogen-bond acceptors (Lipinski definition) is 3. The van der Waals surface area contributed by atoms with Crippen molar-refractivity contribution in [3.8, 4) is 0 Å². The first-order valence-electron chi connectivity index (χ1n) is 8.23. The fraction of sp³-hybridized carbons (Fsp3) is 0.211. The Morgan fingerprint density at radius 2 is 1.81 bits per heavy atom. The predicted molar refractivity (Wildman–Crippen MR) is 119 cm³/mol. The number of thiocarbonyl (C=S) groups is 1. The first-order chi connectivity index (χ1) is 12.8. The average molecular weight is 514 g/mol. The van der Waals surface area contributed by atoms with E-state index in [0.717, 1.165) is 9.13 Å². The summed E-state index contributed by atoms with van der Waals surface area (Å²) in [5.41, 5.74) is 1.67. The van der Waals surface area contributed by atoms with Gasteiger partial charge in [0, 0.05) is 27.9 Å². The van der Waals surface area contributed by atoms with Crippen molar-refractivity contribution in [2.45, 2.75) is 19.0 Å². The summed E-state index contributed by atoms with van der Waals surface area (Å²) in [6.45, 7) is 0.438. The average Bonchev–Trinajstić information content (AvgIpc) is 2.83. The molecule has 8 heteroatoms. The lowest BCUT2D eigenvalue weighted by molar-refractivity contribution is -0.130. The Morgan fingerprint density at radius 1 is 1.19 bits per heavy atom. The number of nitrogens with one attached hydrogen (secondary N) is 1. The zero-order valence-corrected chi connectivity index (χ0v) is 18.2. The van der Waals surface area contributed by atoms with E-state index in [0.29, 0.717) is 22.4 Å². The van der Waals surface area contributed by atoms with Crippen molar-refractivity contribution in [3.63, 3.8) is 0 Å². The Balaban J connectivity index is 1.72. The number of hydrogen-bond donors (Lipinski definition) is 1. The molecule has 1 saturated heterocycles. The Labute approximate surface area is 181 Å². The summed E-state index contributed by atoms with van der Waals surface area (Å²) in [6, 6.07) is 14.2. The third-order valence-electron chi connectivity index (χ3n) is 4.30. The molecule has 1 unspecified atom stereocenters. The zero-order valence-electron chi connectivity index (χ0n) is 14.5. The van der Waals surface area contributed by atoms with E-state index in [4.69, 9.17) is 23.8 Å². The molecule has 27 heavy (non-hydrogen) atoms. The van der Waals surface area contributed by atoms with E-state index in [9.17, 15) is 9.59 Å². The minimum Gasteiger partial charge on any atom is -0.332 e. The van der Waals surface area contributed by atoms with Crippen LogP contribution in [0.25, 0.3) is 0 Å². The first-order valence-corrected chi connectivity index (χ1v) is 10.1. The molecule has 1 aliphatic rings. The number of benzene rings is 2. The van der Waals surface area contributed by atoms with E-state index in [1.807, 2.05) is 36.4 Å². The van der Waals surface area contributed by atoms with Gasteiger partial charge >= 0.3 is 0 Å².